The summed E-state index contributed by atoms with van der Waals surface area (Å²) in [4.78, 5) is 1.15. The summed E-state index contributed by atoms with van der Waals surface area (Å²) in [5.74, 6) is 0.739. The molecule has 2 aromatic rings. The molecule has 0 radical (unpaired) electrons. The minimum atomic E-state index is -3.61. The van der Waals surface area contributed by atoms with E-state index < -0.39 is 10.0 Å². The first-order valence-corrected chi connectivity index (χ1v) is 8.62. The third kappa shape index (κ3) is 2.14. The Morgan fingerprint density at radius 1 is 1.05 bits per heavy atom. The van der Waals surface area contributed by atoms with Gasteiger partial charge < -0.3 is 5.73 Å². The van der Waals surface area contributed by atoms with E-state index in [0.717, 1.165) is 16.3 Å². The van der Waals surface area contributed by atoms with Gasteiger partial charge in [-0.3, -0.25) is 4.31 Å². The van der Waals surface area contributed by atoms with Crippen molar-refractivity contribution in [2.24, 2.45) is 0 Å². The summed E-state index contributed by atoms with van der Waals surface area (Å²) in [6.45, 7) is 0.457. The van der Waals surface area contributed by atoms with Crippen LogP contribution in [0.5, 0.6) is 0 Å². The minimum absolute atomic E-state index is 0.168. The van der Waals surface area contributed by atoms with Crippen LogP contribution in [-0.2, 0) is 10.0 Å². The Balaban J connectivity index is 2.13. The van der Waals surface area contributed by atoms with Crippen LogP contribution in [0.1, 0.15) is 0 Å². The SMILES string of the molecule is Nc1ccccc1S(=O)(=O)N1CCSc2ccccc21. The lowest BCUT2D eigenvalue weighted by molar-refractivity contribution is 0.592. The molecule has 6 heteroatoms. The van der Waals surface area contributed by atoms with Gasteiger partial charge in [0.05, 0.1) is 11.4 Å². The molecule has 0 saturated heterocycles. The van der Waals surface area contributed by atoms with Gasteiger partial charge in [0.25, 0.3) is 10.0 Å². The summed E-state index contributed by atoms with van der Waals surface area (Å²) in [6, 6.07) is 14.1. The zero-order valence-corrected chi connectivity index (χ0v) is 12.3. The Bertz CT molecular complexity index is 744. The Labute approximate surface area is 122 Å². The first kappa shape index (κ1) is 13.3. The molecule has 104 valence electrons. The summed E-state index contributed by atoms with van der Waals surface area (Å²) in [6.07, 6.45) is 0. The van der Waals surface area contributed by atoms with Crippen LogP contribution in [-0.4, -0.2) is 20.7 Å². The van der Waals surface area contributed by atoms with Crippen LogP contribution < -0.4 is 10.0 Å². The van der Waals surface area contributed by atoms with Gasteiger partial charge in [0.15, 0.2) is 0 Å². The molecule has 0 aromatic heterocycles. The average Bonchev–Trinajstić information content (AvgIpc) is 2.47. The molecule has 0 bridgehead atoms. The molecule has 2 N–H and O–H groups in total. The first-order valence-electron chi connectivity index (χ1n) is 6.20. The van der Waals surface area contributed by atoms with Gasteiger partial charge >= 0.3 is 0 Å². The van der Waals surface area contributed by atoms with Crippen molar-refractivity contribution in [1.82, 2.24) is 0 Å². The largest absolute Gasteiger partial charge is 0.398 e. The van der Waals surface area contributed by atoms with Crippen molar-refractivity contribution in [3.63, 3.8) is 0 Å². The van der Waals surface area contributed by atoms with Crippen molar-refractivity contribution in [3.8, 4) is 0 Å². The monoisotopic (exact) mass is 306 g/mol. The zero-order valence-electron chi connectivity index (χ0n) is 10.7. The van der Waals surface area contributed by atoms with E-state index in [2.05, 4.69) is 0 Å². The van der Waals surface area contributed by atoms with Crippen LogP contribution in [0.25, 0.3) is 0 Å². The highest BCUT2D eigenvalue weighted by Gasteiger charge is 2.30. The van der Waals surface area contributed by atoms with E-state index in [1.54, 1.807) is 36.0 Å². The van der Waals surface area contributed by atoms with Gasteiger partial charge in [0, 0.05) is 17.2 Å². The number of nitrogens with two attached hydrogens (primary N) is 1. The molecule has 2 aromatic carbocycles. The molecule has 1 heterocycles. The lowest BCUT2D eigenvalue weighted by atomic mass is 10.3. The predicted octanol–water partition coefficient (Wildman–Crippen LogP) is 2.57. The topological polar surface area (TPSA) is 63.4 Å². The maximum atomic E-state index is 12.8. The zero-order chi connectivity index (χ0) is 14.2. The third-order valence-corrected chi connectivity index (χ3v) is 6.10. The number of hydrogen-bond acceptors (Lipinski definition) is 4. The van der Waals surface area contributed by atoms with E-state index in [4.69, 9.17) is 5.73 Å². The highest BCUT2D eigenvalue weighted by atomic mass is 32.2. The predicted molar refractivity (Wildman–Crippen MR) is 82.6 cm³/mol. The number of benzene rings is 2. The maximum Gasteiger partial charge on any atom is 0.266 e. The molecule has 0 spiro atoms. The third-order valence-electron chi connectivity index (χ3n) is 3.17. The van der Waals surface area contributed by atoms with Crippen molar-refractivity contribution in [1.29, 1.82) is 0 Å². The van der Waals surface area contributed by atoms with Gasteiger partial charge in [-0.05, 0) is 24.3 Å². The van der Waals surface area contributed by atoms with Crippen molar-refractivity contribution in [2.75, 3.05) is 22.3 Å². The highest BCUT2D eigenvalue weighted by molar-refractivity contribution is 8.00. The molecule has 0 amide bonds. The van der Waals surface area contributed by atoms with Crippen LogP contribution in [0.4, 0.5) is 11.4 Å². The van der Waals surface area contributed by atoms with Gasteiger partial charge in [0.1, 0.15) is 4.90 Å². The molecular formula is C14H14N2O2S2. The van der Waals surface area contributed by atoms with Crippen LogP contribution in [0.15, 0.2) is 58.3 Å². The van der Waals surface area contributed by atoms with E-state index in [1.165, 1.54) is 4.31 Å². The molecular weight excluding hydrogens is 292 g/mol. The fourth-order valence-corrected chi connectivity index (χ4v) is 5.00. The number of anilines is 2. The van der Waals surface area contributed by atoms with Crippen molar-refractivity contribution in [2.45, 2.75) is 9.79 Å². The van der Waals surface area contributed by atoms with Crippen LogP contribution in [0.2, 0.25) is 0 Å². The van der Waals surface area contributed by atoms with E-state index in [9.17, 15) is 8.42 Å². The lowest BCUT2D eigenvalue weighted by Crippen LogP contribution is -2.35. The molecule has 0 saturated carbocycles. The number of hydrogen-bond donors (Lipinski definition) is 1. The number of thioether (sulfide) groups is 1. The first-order chi connectivity index (χ1) is 9.60. The number of fused-ring (bicyclic) bond motifs is 1. The summed E-state index contributed by atoms with van der Waals surface area (Å²) in [7, 11) is -3.61. The minimum Gasteiger partial charge on any atom is -0.398 e. The molecule has 4 nitrogen and oxygen atoms in total. The van der Waals surface area contributed by atoms with E-state index >= 15 is 0 Å². The Morgan fingerprint density at radius 2 is 1.75 bits per heavy atom. The van der Waals surface area contributed by atoms with Crippen molar-refractivity contribution >= 4 is 33.2 Å². The van der Waals surface area contributed by atoms with Crippen LogP contribution in [0, 0.1) is 0 Å². The highest BCUT2D eigenvalue weighted by Crippen LogP contribution is 2.38. The van der Waals surface area contributed by atoms with Crippen molar-refractivity contribution < 1.29 is 8.42 Å². The second-order valence-electron chi connectivity index (χ2n) is 4.43. The molecule has 0 atom stereocenters. The Kier molecular flexibility index (Phi) is 3.35. The van der Waals surface area contributed by atoms with E-state index in [0.29, 0.717) is 6.54 Å². The Hall–Kier alpha value is -1.66. The molecule has 0 fully saturated rings. The molecule has 0 aliphatic carbocycles. The second-order valence-corrected chi connectivity index (χ2v) is 7.40. The number of nitrogen functional groups attached to an aromatic ring is 1. The average molecular weight is 306 g/mol. The molecule has 3 rings (SSSR count). The number of para-hydroxylation sites is 2. The van der Waals surface area contributed by atoms with Gasteiger partial charge in [0.2, 0.25) is 0 Å². The normalized spacial score (nSPS) is 14.9. The number of nitrogens with zero attached hydrogens (tertiary/aromatic N) is 1. The van der Waals surface area contributed by atoms with Gasteiger partial charge in [-0.25, -0.2) is 8.42 Å². The molecule has 0 unspecified atom stereocenters. The van der Waals surface area contributed by atoms with Gasteiger partial charge in [-0.15, -0.1) is 11.8 Å². The maximum absolute atomic E-state index is 12.8. The van der Waals surface area contributed by atoms with E-state index in [1.807, 2.05) is 24.3 Å². The summed E-state index contributed by atoms with van der Waals surface area (Å²) in [5.41, 5.74) is 6.83. The molecule has 1 aliphatic heterocycles. The van der Waals surface area contributed by atoms with E-state index in [-0.39, 0.29) is 10.6 Å². The number of rotatable bonds is 2. The van der Waals surface area contributed by atoms with Gasteiger partial charge in [-0.2, -0.15) is 0 Å². The standard InChI is InChI=1S/C14H14N2O2S2/c15-11-5-1-4-8-14(11)20(17,18)16-9-10-19-13-7-3-2-6-12(13)16/h1-8H,9-10,15H2. The smallest absolute Gasteiger partial charge is 0.266 e. The number of sulfonamides is 1. The summed E-state index contributed by atoms with van der Waals surface area (Å²) in [5, 5.41) is 0. The molecule has 20 heavy (non-hydrogen) atoms. The fourth-order valence-electron chi connectivity index (χ4n) is 2.23. The van der Waals surface area contributed by atoms with Crippen molar-refractivity contribution in [3.05, 3.63) is 48.5 Å². The van der Waals surface area contributed by atoms with Crippen LogP contribution in [0.3, 0.4) is 0 Å². The quantitative estimate of drug-likeness (QED) is 0.866. The Morgan fingerprint density at radius 3 is 2.55 bits per heavy atom. The van der Waals surface area contributed by atoms with Crippen LogP contribution >= 0.6 is 11.8 Å². The molecule has 1 aliphatic rings. The summed E-state index contributed by atoms with van der Waals surface area (Å²) < 4.78 is 27.1. The summed E-state index contributed by atoms with van der Waals surface area (Å²) >= 11 is 1.67. The lowest BCUT2D eigenvalue weighted by Gasteiger charge is -2.30. The van der Waals surface area contributed by atoms with Gasteiger partial charge in [-0.1, -0.05) is 24.3 Å². The fraction of sp³-hybridized carbons (Fsp3) is 0.143. The second kappa shape index (κ2) is 5.03.